The number of carbonyl (C=O) groups is 1. The summed E-state index contributed by atoms with van der Waals surface area (Å²) in [5, 5.41) is 2.57. The van der Waals surface area contributed by atoms with Gasteiger partial charge in [0.1, 0.15) is 0 Å². The molecule has 1 saturated heterocycles. The van der Waals surface area contributed by atoms with E-state index in [1.807, 2.05) is 4.90 Å². The molecule has 0 saturated carbocycles. The first-order valence-corrected chi connectivity index (χ1v) is 7.63. The molecule has 0 bridgehead atoms. The van der Waals surface area contributed by atoms with Crippen molar-refractivity contribution in [3.05, 3.63) is 17.8 Å². The van der Waals surface area contributed by atoms with Crippen LogP contribution in [0.1, 0.15) is 25.8 Å². The van der Waals surface area contributed by atoms with Gasteiger partial charge >= 0.3 is 6.18 Å². The normalized spacial score (nSPS) is 22.4. The molecule has 1 aromatic rings. The van der Waals surface area contributed by atoms with Crippen LogP contribution in [-0.2, 0) is 11.0 Å². The van der Waals surface area contributed by atoms with Crippen molar-refractivity contribution in [3.63, 3.8) is 0 Å². The Balaban J connectivity index is 1.95. The summed E-state index contributed by atoms with van der Waals surface area (Å²) in [6, 6.07) is 1.26. The van der Waals surface area contributed by atoms with Gasteiger partial charge in [-0.05, 0) is 19.9 Å². The third-order valence-electron chi connectivity index (χ3n) is 4.41. The molecule has 0 aromatic carbocycles. The van der Waals surface area contributed by atoms with Gasteiger partial charge < -0.3 is 10.2 Å². The first-order valence-electron chi connectivity index (χ1n) is 7.63. The fourth-order valence-electron chi connectivity index (χ4n) is 3.15. The molecule has 1 atom stereocenters. The van der Waals surface area contributed by atoms with Crippen LogP contribution in [-0.4, -0.2) is 47.5 Å². The predicted molar refractivity (Wildman–Crippen MR) is 80.3 cm³/mol. The van der Waals surface area contributed by atoms with Crippen molar-refractivity contribution in [2.45, 2.75) is 38.5 Å². The van der Waals surface area contributed by atoms with Crippen molar-refractivity contribution < 1.29 is 18.0 Å². The summed E-state index contributed by atoms with van der Waals surface area (Å²) in [5.74, 6) is 0.155. The quantitative estimate of drug-likeness (QED) is 0.860. The number of halogens is 3. The number of anilines is 2. The molecule has 0 spiro atoms. The zero-order valence-corrected chi connectivity index (χ0v) is 13.0. The predicted octanol–water partition coefficient (Wildman–Crippen LogP) is 2.34. The monoisotopic (exact) mass is 328 g/mol. The number of hydrogen-bond donors (Lipinski definition) is 1. The molecule has 3 heterocycles. The van der Waals surface area contributed by atoms with E-state index in [0.717, 1.165) is 18.8 Å². The smallest absolute Gasteiger partial charge is 0.349 e. The summed E-state index contributed by atoms with van der Waals surface area (Å²) in [6.45, 7) is 6.32. The molecule has 3 rings (SSSR count). The second-order valence-corrected chi connectivity index (χ2v) is 6.28. The number of carbonyl (C=O) groups excluding carboxylic acids is 1. The molecular weight excluding hydrogens is 309 g/mol. The van der Waals surface area contributed by atoms with Crippen LogP contribution in [0.4, 0.5) is 24.7 Å². The van der Waals surface area contributed by atoms with Gasteiger partial charge in [0.05, 0.1) is 17.3 Å². The molecule has 1 fully saturated rings. The Kier molecular flexibility index (Phi) is 3.95. The number of fused-ring (bicyclic) bond motifs is 3. The molecule has 0 aliphatic carbocycles. The van der Waals surface area contributed by atoms with Crippen LogP contribution >= 0.6 is 0 Å². The summed E-state index contributed by atoms with van der Waals surface area (Å²) >= 11 is 0. The van der Waals surface area contributed by atoms with E-state index in [2.05, 4.69) is 29.0 Å². The Morgan fingerprint density at radius 2 is 2.09 bits per heavy atom. The summed E-state index contributed by atoms with van der Waals surface area (Å²) < 4.78 is 38.6. The third kappa shape index (κ3) is 3.12. The van der Waals surface area contributed by atoms with Gasteiger partial charge in [0.15, 0.2) is 5.82 Å². The number of aromatic nitrogens is 1. The fourth-order valence-corrected chi connectivity index (χ4v) is 3.15. The van der Waals surface area contributed by atoms with E-state index in [-0.39, 0.29) is 24.1 Å². The Labute approximate surface area is 132 Å². The molecule has 8 heteroatoms. The SMILES string of the molecule is CC(C)N1CCN2c3ncc(C(F)(F)F)cc3NC(=O)C[C@H]2C1. The highest BCUT2D eigenvalue weighted by Gasteiger charge is 2.37. The number of nitrogens with zero attached hydrogens (tertiary/aromatic N) is 3. The van der Waals surface area contributed by atoms with Gasteiger partial charge in [0.25, 0.3) is 0 Å². The molecule has 5 nitrogen and oxygen atoms in total. The zero-order valence-electron chi connectivity index (χ0n) is 13.0. The van der Waals surface area contributed by atoms with Crippen molar-refractivity contribution in [3.8, 4) is 0 Å². The maximum atomic E-state index is 12.9. The molecule has 23 heavy (non-hydrogen) atoms. The van der Waals surface area contributed by atoms with E-state index < -0.39 is 11.7 Å². The molecule has 2 aliphatic heterocycles. The van der Waals surface area contributed by atoms with Gasteiger partial charge in [-0.25, -0.2) is 4.98 Å². The Bertz CT molecular complexity index is 617. The van der Waals surface area contributed by atoms with Crippen LogP contribution < -0.4 is 10.2 Å². The second kappa shape index (κ2) is 5.67. The van der Waals surface area contributed by atoms with E-state index in [0.29, 0.717) is 24.9 Å². The van der Waals surface area contributed by atoms with Crippen molar-refractivity contribution in [1.29, 1.82) is 0 Å². The van der Waals surface area contributed by atoms with Crippen molar-refractivity contribution in [2.75, 3.05) is 29.9 Å². The molecule has 2 aliphatic rings. The van der Waals surface area contributed by atoms with Gasteiger partial charge in [-0.2, -0.15) is 13.2 Å². The molecule has 126 valence electrons. The molecular formula is C15H19F3N4O. The summed E-state index contributed by atoms with van der Waals surface area (Å²) in [4.78, 5) is 20.3. The number of amides is 1. The maximum Gasteiger partial charge on any atom is 0.417 e. The fraction of sp³-hybridized carbons (Fsp3) is 0.600. The lowest BCUT2D eigenvalue weighted by Gasteiger charge is -2.42. The van der Waals surface area contributed by atoms with Crippen LogP contribution in [0.25, 0.3) is 0 Å². The van der Waals surface area contributed by atoms with Crippen LogP contribution in [0.15, 0.2) is 12.3 Å². The highest BCUT2D eigenvalue weighted by molar-refractivity contribution is 5.96. The molecule has 1 aromatic heterocycles. The molecule has 0 unspecified atom stereocenters. The molecule has 0 radical (unpaired) electrons. The topological polar surface area (TPSA) is 48.5 Å². The van der Waals surface area contributed by atoms with E-state index in [1.165, 1.54) is 0 Å². The lowest BCUT2D eigenvalue weighted by atomic mass is 10.1. The van der Waals surface area contributed by atoms with E-state index in [9.17, 15) is 18.0 Å². The maximum absolute atomic E-state index is 12.9. The minimum Gasteiger partial charge on any atom is -0.349 e. The second-order valence-electron chi connectivity index (χ2n) is 6.28. The third-order valence-corrected chi connectivity index (χ3v) is 4.41. The Morgan fingerprint density at radius 1 is 1.35 bits per heavy atom. The van der Waals surface area contributed by atoms with E-state index in [1.54, 1.807) is 0 Å². The Hall–Kier alpha value is -1.83. The first kappa shape index (κ1) is 16.0. The van der Waals surface area contributed by atoms with Gasteiger partial charge in [-0.1, -0.05) is 0 Å². The molecule has 1 N–H and O–H groups in total. The number of piperazine rings is 1. The average molecular weight is 328 g/mol. The standard InChI is InChI=1S/C15H19F3N4O/c1-9(2)21-3-4-22-11(8-21)6-13(23)20-12-5-10(15(16,17)18)7-19-14(12)22/h5,7,9,11H,3-4,6,8H2,1-2H3,(H,20,23)/t11-/m0/s1. The first-order chi connectivity index (χ1) is 10.8. The van der Waals surface area contributed by atoms with Crippen LogP contribution in [0.3, 0.4) is 0 Å². The minimum absolute atomic E-state index is 0.0726. The van der Waals surface area contributed by atoms with Gasteiger partial charge in [0, 0.05) is 38.3 Å². The summed E-state index contributed by atoms with van der Waals surface area (Å²) in [5.41, 5.74) is -0.707. The number of rotatable bonds is 1. The minimum atomic E-state index is -4.48. The summed E-state index contributed by atoms with van der Waals surface area (Å²) in [7, 11) is 0. The van der Waals surface area contributed by atoms with Crippen molar-refractivity contribution in [2.24, 2.45) is 0 Å². The van der Waals surface area contributed by atoms with Gasteiger partial charge in [-0.15, -0.1) is 0 Å². The van der Waals surface area contributed by atoms with Crippen LogP contribution in [0.5, 0.6) is 0 Å². The largest absolute Gasteiger partial charge is 0.417 e. The van der Waals surface area contributed by atoms with E-state index >= 15 is 0 Å². The Morgan fingerprint density at radius 3 is 2.74 bits per heavy atom. The van der Waals surface area contributed by atoms with Crippen LogP contribution in [0.2, 0.25) is 0 Å². The van der Waals surface area contributed by atoms with E-state index in [4.69, 9.17) is 0 Å². The van der Waals surface area contributed by atoms with Crippen molar-refractivity contribution >= 4 is 17.4 Å². The van der Waals surface area contributed by atoms with Gasteiger partial charge in [0.2, 0.25) is 5.91 Å². The van der Waals surface area contributed by atoms with Crippen LogP contribution in [0, 0.1) is 0 Å². The number of pyridine rings is 1. The summed E-state index contributed by atoms with van der Waals surface area (Å²) in [6.07, 6.45) is -3.39. The lowest BCUT2D eigenvalue weighted by molar-refractivity contribution is -0.137. The average Bonchev–Trinajstić information content (AvgIpc) is 2.59. The van der Waals surface area contributed by atoms with Gasteiger partial charge in [-0.3, -0.25) is 9.69 Å². The zero-order chi connectivity index (χ0) is 16.8. The molecule has 1 amide bonds. The number of nitrogens with one attached hydrogen (secondary N) is 1. The highest BCUT2D eigenvalue weighted by Crippen LogP contribution is 2.36. The highest BCUT2D eigenvalue weighted by atomic mass is 19.4. The lowest BCUT2D eigenvalue weighted by Crippen LogP contribution is -2.55. The van der Waals surface area contributed by atoms with Crippen molar-refractivity contribution in [1.82, 2.24) is 9.88 Å². The number of hydrogen-bond acceptors (Lipinski definition) is 4. The number of alkyl halides is 3.